The topological polar surface area (TPSA) is 103 Å². The minimum absolute atomic E-state index is 0.0259. The Hall–Kier alpha value is -1.63. The van der Waals surface area contributed by atoms with Gasteiger partial charge in [0.25, 0.3) is 5.56 Å². The van der Waals surface area contributed by atoms with Gasteiger partial charge < -0.3 is 19.3 Å². The molecule has 3 atom stereocenters. The lowest BCUT2D eigenvalue weighted by Gasteiger charge is -2.45. The van der Waals surface area contributed by atoms with E-state index in [1.807, 2.05) is 0 Å². The number of nitrogens with one attached hydrogen (secondary N) is 1. The molecule has 1 aliphatic carbocycles. The molecule has 8 nitrogen and oxygen atoms in total. The van der Waals surface area contributed by atoms with Crippen molar-refractivity contribution in [1.82, 2.24) is 9.55 Å². The van der Waals surface area contributed by atoms with E-state index in [1.165, 1.54) is 16.8 Å². The van der Waals surface area contributed by atoms with E-state index < -0.39 is 41.6 Å². The van der Waals surface area contributed by atoms with Gasteiger partial charge in [0.1, 0.15) is 5.60 Å². The summed E-state index contributed by atoms with van der Waals surface area (Å²) in [5.41, 5.74) is -2.61. The lowest BCUT2D eigenvalue weighted by molar-refractivity contribution is -0.327. The number of halogens is 1. The molecule has 1 saturated heterocycles. The first-order valence-corrected chi connectivity index (χ1v) is 8.95. The second-order valence-electron chi connectivity index (χ2n) is 6.54. The molecule has 0 amide bonds. The molecule has 2 fully saturated rings. The van der Waals surface area contributed by atoms with Crippen LogP contribution in [0.4, 0.5) is 0 Å². The number of aromatic amines is 1. The number of rotatable bonds is 3. The van der Waals surface area contributed by atoms with E-state index in [1.54, 1.807) is 0 Å². The number of nitrogens with zero attached hydrogens (tertiary/aromatic N) is 1. The van der Waals surface area contributed by atoms with Crippen LogP contribution in [0.2, 0.25) is 0 Å². The number of terminal acetylenes is 1. The smallest absolute Gasteiger partial charge is 0.330 e. The summed E-state index contributed by atoms with van der Waals surface area (Å²) in [5, 5.41) is 10.00. The lowest BCUT2D eigenvalue weighted by atomic mass is 9.98. The van der Waals surface area contributed by atoms with Crippen LogP contribution >= 0.6 is 11.6 Å². The van der Waals surface area contributed by atoms with Crippen molar-refractivity contribution in [3.8, 4) is 12.3 Å². The van der Waals surface area contributed by atoms with Crippen LogP contribution in [0, 0.1) is 12.3 Å². The summed E-state index contributed by atoms with van der Waals surface area (Å²) in [4.78, 5) is 25.7. The molecule has 1 aromatic heterocycles. The maximum Gasteiger partial charge on any atom is 0.330 e. The minimum Gasteiger partial charge on any atom is -0.393 e. The van der Waals surface area contributed by atoms with Crippen LogP contribution < -0.4 is 11.2 Å². The van der Waals surface area contributed by atoms with Crippen LogP contribution in [0.15, 0.2) is 21.9 Å². The fraction of sp³-hybridized carbons (Fsp3) is 0.647. The molecule has 0 bridgehead atoms. The standard InChI is InChI=1S/C17H21ClN2O6/c1-2-12-16(10-18,11-21)26-14(20-8-5-13(22)19-15(20)23)9-24-17(25-12)6-3-4-7-17/h1,5,8,12,14,21H,3-4,6-7,9-11H2,(H,19,22,23)/t12-,14+,16+/m0/s1. The highest BCUT2D eigenvalue weighted by molar-refractivity contribution is 6.18. The fourth-order valence-electron chi connectivity index (χ4n) is 3.36. The van der Waals surface area contributed by atoms with Gasteiger partial charge in [-0.2, -0.15) is 0 Å². The maximum absolute atomic E-state index is 12.2. The van der Waals surface area contributed by atoms with Crippen molar-refractivity contribution in [3.05, 3.63) is 33.1 Å². The molecule has 0 unspecified atom stereocenters. The van der Waals surface area contributed by atoms with Crippen LogP contribution in [0.3, 0.4) is 0 Å². The Morgan fingerprint density at radius 3 is 2.69 bits per heavy atom. The molecule has 142 valence electrons. The molecular formula is C17H21ClN2O6. The molecule has 1 spiro atoms. The molecule has 0 aromatic carbocycles. The number of aliphatic hydroxyl groups is 1. The first kappa shape index (κ1) is 19.1. The number of aliphatic hydroxyl groups excluding tert-OH is 1. The normalized spacial score (nSPS) is 31.3. The molecule has 9 heteroatoms. The Labute approximate surface area is 155 Å². The van der Waals surface area contributed by atoms with Gasteiger partial charge in [-0.15, -0.1) is 18.0 Å². The third-order valence-corrected chi connectivity index (χ3v) is 5.29. The molecule has 1 saturated carbocycles. The van der Waals surface area contributed by atoms with Gasteiger partial charge in [0.15, 0.2) is 18.1 Å². The fourth-order valence-corrected chi connectivity index (χ4v) is 3.65. The third-order valence-electron chi connectivity index (χ3n) is 4.84. The van der Waals surface area contributed by atoms with E-state index in [2.05, 4.69) is 10.9 Å². The van der Waals surface area contributed by atoms with Gasteiger partial charge in [0, 0.05) is 25.1 Å². The van der Waals surface area contributed by atoms with E-state index in [0.29, 0.717) is 12.8 Å². The first-order chi connectivity index (χ1) is 12.5. The molecule has 2 heterocycles. The van der Waals surface area contributed by atoms with Gasteiger partial charge in [-0.1, -0.05) is 5.92 Å². The summed E-state index contributed by atoms with van der Waals surface area (Å²) in [5.74, 6) is 1.44. The number of aromatic nitrogens is 2. The molecule has 1 aliphatic heterocycles. The summed E-state index contributed by atoms with van der Waals surface area (Å²) in [6, 6.07) is 1.20. The second kappa shape index (κ2) is 7.55. The van der Waals surface area contributed by atoms with E-state index in [-0.39, 0.29) is 12.5 Å². The van der Waals surface area contributed by atoms with Gasteiger partial charge in [-0.25, -0.2) is 4.79 Å². The third kappa shape index (κ3) is 3.46. The summed E-state index contributed by atoms with van der Waals surface area (Å²) in [6.45, 7) is -0.530. The van der Waals surface area contributed by atoms with Crippen LogP contribution in [0.1, 0.15) is 31.9 Å². The van der Waals surface area contributed by atoms with Gasteiger partial charge in [-0.3, -0.25) is 14.3 Å². The van der Waals surface area contributed by atoms with E-state index in [9.17, 15) is 14.7 Å². The predicted octanol–water partition coefficient (Wildman–Crippen LogP) is 0.341. The quantitative estimate of drug-likeness (QED) is 0.575. The van der Waals surface area contributed by atoms with Crippen molar-refractivity contribution in [3.63, 3.8) is 0 Å². The average molecular weight is 385 g/mol. The zero-order chi connectivity index (χ0) is 18.8. The second-order valence-corrected chi connectivity index (χ2v) is 6.81. The van der Waals surface area contributed by atoms with Crippen LogP contribution in [-0.4, -0.2) is 51.2 Å². The molecule has 2 aliphatic rings. The van der Waals surface area contributed by atoms with Crippen molar-refractivity contribution in [2.45, 2.75) is 49.4 Å². The minimum atomic E-state index is -1.42. The van der Waals surface area contributed by atoms with Crippen LogP contribution in [0.25, 0.3) is 0 Å². The Morgan fingerprint density at radius 2 is 2.12 bits per heavy atom. The number of hydrogen-bond donors (Lipinski definition) is 2. The van der Waals surface area contributed by atoms with Gasteiger partial charge in [0.2, 0.25) is 0 Å². The Bertz CT molecular complexity index is 787. The predicted molar refractivity (Wildman–Crippen MR) is 92.8 cm³/mol. The van der Waals surface area contributed by atoms with Crippen molar-refractivity contribution < 1.29 is 19.3 Å². The average Bonchev–Trinajstić information content (AvgIpc) is 3.09. The van der Waals surface area contributed by atoms with Crippen molar-refractivity contribution in [2.24, 2.45) is 0 Å². The molecule has 26 heavy (non-hydrogen) atoms. The largest absolute Gasteiger partial charge is 0.393 e. The SMILES string of the molecule is C#C[C@@H]1OC2(CCCC2)OC[C@H](n2ccc(=O)[nH]c2=O)O[C@@]1(CO)CCl. The summed E-state index contributed by atoms with van der Waals surface area (Å²) >= 11 is 6.10. The van der Waals surface area contributed by atoms with E-state index >= 15 is 0 Å². The van der Waals surface area contributed by atoms with E-state index in [4.69, 9.17) is 32.2 Å². The monoisotopic (exact) mass is 384 g/mol. The first-order valence-electron chi connectivity index (χ1n) is 8.41. The number of alkyl halides is 1. The lowest BCUT2D eigenvalue weighted by Crippen LogP contribution is -2.58. The molecule has 3 rings (SSSR count). The maximum atomic E-state index is 12.2. The number of H-pyrrole nitrogens is 1. The molecular weight excluding hydrogens is 364 g/mol. The summed E-state index contributed by atoms with van der Waals surface area (Å²) in [7, 11) is 0. The zero-order valence-corrected chi connectivity index (χ0v) is 14.9. The van der Waals surface area contributed by atoms with Crippen LogP contribution in [-0.2, 0) is 14.2 Å². The highest BCUT2D eigenvalue weighted by Crippen LogP contribution is 2.41. The van der Waals surface area contributed by atoms with Gasteiger partial charge in [-0.05, 0) is 12.8 Å². The van der Waals surface area contributed by atoms with Crippen molar-refractivity contribution in [2.75, 3.05) is 19.1 Å². The van der Waals surface area contributed by atoms with Crippen molar-refractivity contribution >= 4 is 11.6 Å². The summed E-state index contributed by atoms with van der Waals surface area (Å²) < 4.78 is 19.2. The Balaban J connectivity index is 2.04. The Morgan fingerprint density at radius 1 is 1.38 bits per heavy atom. The summed E-state index contributed by atoms with van der Waals surface area (Å²) in [6.07, 6.45) is 8.14. The van der Waals surface area contributed by atoms with Gasteiger partial charge in [0.05, 0.1) is 19.1 Å². The zero-order valence-electron chi connectivity index (χ0n) is 14.2. The number of hydrogen-bond acceptors (Lipinski definition) is 6. The van der Waals surface area contributed by atoms with Crippen LogP contribution in [0.5, 0.6) is 0 Å². The molecule has 0 radical (unpaired) electrons. The highest BCUT2D eigenvalue weighted by atomic mass is 35.5. The van der Waals surface area contributed by atoms with Crippen molar-refractivity contribution in [1.29, 1.82) is 0 Å². The molecule has 1 aromatic rings. The molecule has 2 N–H and O–H groups in total. The van der Waals surface area contributed by atoms with E-state index in [0.717, 1.165) is 12.8 Å². The highest BCUT2D eigenvalue weighted by Gasteiger charge is 2.50. The Kier molecular flexibility index (Phi) is 5.55. The number of ether oxygens (including phenoxy) is 3. The van der Waals surface area contributed by atoms with Gasteiger partial charge >= 0.3 is 5.69 Å².